The van der Waals surface area contributed by atoms with E-state index in [-0.39, 0.29) is 36.9 Å². The topological polar surface area (TPSA) is 104 Å². The summed E-state index contributed by atoms with van der Waals surface area (Å²) in [4.78, 5) is 42.2. The number of urea groups is 1. The number of para-hydroxylation sites is 3. The number of rotatable bonds is 8. The molecule has 0 spiro atoms. The molecule has 1 aliphatic rings. The van der Waals surface area contributed by atoms with Gasteiger partial charge in [-0.15, -0.1) is 0 Å². The number of benzene rings is 2. The van der Waals surface area contributed by atoms with Crippen LogP contribution in [-0.2, 0) is 16.1 Å². The van der Waals surface area contributed by atoms with Crippen LogP contribution in [0, 0.1) is 5.92 Å². The fourth-order valence-corrected chi connectivity index (χ4v) is 4.23. The van der Waals surface area contributed by atoms with Crippen molar-refractivity contribution in [1.82, 2.24) is 9.80 Å². The zero-order chi connectivity index (χ0) is 25.3. The molecule has 4 amide bonds. The molecule has 36 heavy (non-hydrogen) atoms. The minimum Gasteiger partial charge on any atom is -0.495 e. The molecule has 0 bridgehead atoms. The van der Waals surface area contributed by atoms with Crippen molar-refractivity contribution in [3.8, 4) is 5.75 Å². The predicted octanol–water partition coefficient (Wildman–Crippen LogP) is 4.20. The van der Waals surface area contributed by atoms with Gasteiger partial charge in [-0.25, -0.2) is 4.79 Å². The van der Waals surface area contributed by atoms with Gasteiger partial charge in [0.05, 0.1) is 25.6 Å². The molecule has 188 valence electrons. The fraction of sp³-hybridized carbons (Fsp3) is 0.296. The van der Waals surface area contributed by atoms with E-state index in [2.05, 4.69) is 10.6 Å². The summed E-state index contributed by atoms with van der Waals surface area (Å²) in [5.74, 6) is 0.368. The molecule has 9 nitrogen and oxygen atoms in total. The Labute approximate surface area is 210 Å². The van der Waals surface area contributed by atoms with Gasteiger partial charge in [0.15, 0.2) is 0 Å². The average Bonchev–Trinajstić information content (AvgIpc) is 3.42. The van der Waals surface area contributed by atoms with E-state index in [1.165, 1.54) is 18.3 Å². The summed E-state index contributed by atoms with van der Waals surface area (Å²) in [6.45, 7) is 0.959. The second-order valence-electron chi connectivity index (χ2n) is 8.58. The minimum absolute atomic E-state index is 0.133. The van der Waals surface area contributed by atoms with E-state index in [1.54, 1.807) is 35.2 Å². The van der Waals surface area contributed by atoms with E-state index >= 15 is 0 Å². The molecule has 2 heterocycles. The number of piperidine rings is 1. The minimum atomic E-state index is -0.334. The first kappa shape index (κ1) is 24.8. The number of hydrogen-bond acceptors (Lipinski definition) is 5. The summed E-state index contributed by atoms with van der Waals surface area (Å²) in [5.41, 5.74) is 1.26. The average molecular weight is 491 g/mol. The Morgan fingerprint density at radius 2 is 1.69 bits per heavy atom. The Morgan fingerprint density at radius 3 is 2.39 bits per heavy atom. The summed E-state index contributed by atoms with van der Waals surface area (Å²) in [6, 6.07) is 19.7. The molecule has 0 saturated carbocycles. The number of carbonyl (C=O) groups is 3. The molecule has 4 rings (SSSR count). The third-order valence-electron chi connectivity index (χ3n) is 6.11. The van der Waals surface area contributed by atoms with Crippen molar-refractivity contribution < 1.29 is 23.5 Å². The summed E-state index contributed by atoms with van der Waals surface area (Å²) in [7, 11) is 1.53. The number of hydrogen-bond donors (Lipinski definition) is 2. The molecule has 0 aliphatic carbocycles. The number of methoxy groups -OCH3 is 1. The second-order valence-corrected chi connectivity index (χ2v) is 8.58. The van der Waals surface area contributed by atoms with Crippen molar-refractivity contribution in [3.05, 3.63) is 78.8 Å². The number of likely N-dealkylation sites (tertiary alicyclic amines) is 1. The number of furan rings is 1. The smallest absolute Gasteiger partial charge is 0.321 e. The second kappa shape index (κ2) is 11.9. The number of anilines is 2. The number of nitrogens with zero attached hydrogens (tertiary/aromatic N) is 2. The van der Waals surface area contributed by atoms with Crippen LogP contribution in [0.5, 0.6) is 5.75 Å². The maximum absolute atomic E-state index is 13.5. The van der Waals surface area contributed by atoms with Gasteiger partial charge in [0, 0.05) is 24.7 Å². The maximum atomic E-state index is 13.5. The maximum Gasteiger partial charge on any atom is 0.321 e. The molecule has 3 aromatic rings. The molecule has 1 aromatic heterocycles. The first-order chi connectivity index (χ1) is 17.5. The van der Waals surface area contributed by atoms with Crippen LogP contribution in [0.15, 0.2) is 77.4 Å². The first-order valence-electron chi connectivity index (χ1n) is 11.9. The normalized spacial score (nSPS) is 13.6. The van der Waals surface area contributed by atoms with Crippen molar-refractivity contribution in [1.29, 1.82) is 0 Å². The molecule has 0 radical (unpaired) electrons. The third kappa shape index (κ3) is 6.44. The van der Waals surface area contributed by atoms with Crippen LogP contribution in [-0.4, -0.2) is 54.4 Å². The Morgan fingerprint density at radius 1 is 0.972 bits per heavy atom. The molecule has 1 fully saturated rings. The lowest BCUT2D eigenvalue weighted by Crippen LogP contribution is -2.47. The Balaban J connectivity index is 1.37. The van der Waals surface area contributed by atoms with Crippen LogP contribution < -0.4 is 15.4 Å². The van der Waals surface area contributed by atoms with Crippen molar-refractivity contribution in [2.24, 2.45) is 5.92 Å². The van der Waals surface area contributed by atoms with Gasteiger partial charge in [0.25, 0.3) is 0 Å². The summed E-state index contributed by atoms with van der Waals surface area (Å²) in [5, 5.41) is 5.71. The third-order valence-corrected chi connectivity index (χ3v) is 6.11. The van der Waals surface area contributed by atoms with Crippen molar-refractivity contribution >= 4 is 29.2 Å². The molecule has 0 unspecified atom stereocenters. The van der Waals surface area contributed by atoms with E-state index in [4.69, 9.17) is 9.15 Å². The van der Waals surface area contributed by atoms with Crippen LogP contribution >= 0.6 is 0 Å². The molecule has 2 N–H and O–H groups in total. The predicted molar refractivity (Wildman–Crippen MR) is 136 cm³/mol. The van der Waals surface area contributed by atoms with E-state index in [0.29, 0.717) is 43.1 Å². The Hall–Kier alpha value is -4.27. The number of ether oxygens (including phenoxy) is 1. The molecule has 9 heteroatoms. The standard InChI is InChI=1S/C27H30N4O5/c1-35-24-12-6-5-11-23(24)29-25(32)19-31(18-22-10-7-17-36-22)26(33)20-13-15-30(16-14-20)27(34)28-21-8-3-2-4-9-21/h2-12,17,20H,13-16,18-19H2,1H3,(H,28,34)(H,29,32). The van der Waals surface area contributed by atoms with Gasteiger partial charge in [-0.1, -0.05) is 30.3 Å². The largest absolute Gasteiger partial charge is 0.495 e. The first-order valence-corrected chi connectivity index (χ1v) is 11.9. The molecular formula is C27H30N4O5. The van der Waals surface area contributed by atoms with Crippen LogP contribution in [0.25, 0.3) is 0 Å². The highest BCUT2D eigenvalue weighted by atomic mass is 16.5. The fourth-order valence-electron chi connectivity index (χ4n) is 4.23. The number of carbonyl (C=O) groups excluding carboxylic acids is 3. The zero-order valence-corrected chi connectivity index (χ0v) is 20.2. The van der Waals surface area contributed by atoms with Crippen LogP contribution in [0.2, 0.25) is 0 Å². The van der Waals surface area contributed by atoms with E-state index in [0.717, 1.165) is 5.69 Å². The van der Waals surface area contributed by atoms with Crippen LogP contribution in [0.4, 0.5) is 16.2 Å². The molecule has 1 saturated heterocycles. The SMILES string of the molecule is COc1ccccc1NC(=O)CN(Cc1ccco1)C(=O)C1CCN(C(=O)Nc2ccccc2)CC1. The number of nitrogens with one attached hydrogen (secondary N) is 2. The molecular weight excluding hydrogens is 460 g/mol. The monoisotopic (exact) mass is 490 g/mol. The Kier molecular flexibility index (Phi) is 8.23. The highest BCUT2D eigenvalue weighted by Crippen LogP contribution is 2.24. The van der Waals surface area contributed by atoms with E-state index < -0.39 is 0 Å². The Bertz CT molecular complexity index is 1160. The molecule has 0 atom stereocenters. The van der Waals surface area contributed by atoms with Gasteiger partial charge in [0.1, 0.15) is 18.1 Å². The van der Waals surface area contributed by atoms with E-state index in [9.17, 15) is 14.4 Å². The van der Waals surface area contributed by atoms with E-state index in [1.807, 2.05) is 36.4 Å². The van der Waals surface area contributed by atoms with Gasteiger partial charge in [-0.2, -0.15) is 0 Å². The summed E-state index contributed by atoms with van der Waals surface area (Å²) < 4.78 is 10.7. The van der Waals surface area contributed by atoms with Crippen molar-refractivity contribution in [2.75, 3.05) is 37.4 Å². The van der Waals surface area contributed by atoms with Crippen LogP contribution in [0.3, 0.4) is 0 Å². The highest BCUT2D eigenvalue weighted by molar-refractivity contribution is 5.96. The van der Waals surface area contributed by atoms with Gasteiger partial charge in [-0.05, 0) is 49.2 Å². The molecule has 2 aromatic carbocycles. The lowest BCUT2D eigenvalue weighted by Gasteiger charge is -2.34. The summed E-state index contributed by atoms with van der Waals surface area (Å²) in [6.07, 6.45) is 2.57. The van der Waals surface area contributed by atoms with Crippen LogP contribution in [0.1, 0.15) is 18.6 Å². The molecule has 1 aliphatic heterocycles. The van der Waals surface area contributed by atoms with Crippen molar-refractivity contribution in [2.45, 2.75) is 19.4 Å². The quantitative estimate of drug-likeness (QED) is 0.493. The number of amides is 4. The van der Waals surface area contributed by atoms with Gasteiger partial charge in [0.2, 0.25) is 11.8 Å². The zero-order valence-electron chi connectivity index (χ0n) is 20.2. The van der Waals surface area contributed by atoms with Gasteiger partial charge < -0.3 is 29.6 Å². The van der Waals surface area contributed by atoms with Gasteiger partial charge >= 0.3 is 6.03 Å². The lowest BCUT2D eigenvalue weighted by atomic mass is 9.95. The highest BCUT2D eigenvalue weighted by Gasteiger charge is 2.31. The lowest BCUT2D eigenvalue weighted by molar-refractivity contribution is -0.140. The van der Waals surface area contributed by atoms with Gasteiger partial charge in [-0.3, -0.25) is 9.59 Å². The summed E-state index contributed by atoms with van der Waals surface area (Å²) >= 11 is 0. The van der Waals surface area contributed by atoms with Crippen molar-refractivity contribution in [3.63, 3.8) is 0 Å².